The smallest absolute Gasteiger partial charge is 0.326 e. The Labute approximate surface area is 237 Å². The first-order valence-corrected chi connectivity index (χ1v) is 13.3. The summed E-state index contributed by atoms with van der Waals surface area (Å²) in [6, 6.07) is -0.426. The molecule has 0 radical (unpaired) electrons. The van der Waals surface area contributed by atoms with Gasteiger partial charge >= 0.3 is 5.97 Å². The first-order chi connectivity index (χ1) is 19.4. The number of benzene rings is 1. The minimum Gasteiger partial charge on any atom is -0.508 e. The number of hydrogen-bond acceptors (Lipinski definition) is 10. The number of amides is 4. The quantitative estimate of drug-likeness (QED) is 0.0939. The molecule has 6 atom stereocenters. The van der Waals surface area contributed by atoms with Gasteiger partial charge in [0.05, 0.1) is 18.8 Å². The van der Waals surface area contributed by atoms with Gasteiger partial charge in [0.25, 0.3) is 0 Å². The van der Waals surface area contributed by atoms with E-state index in [0.717, 1.165) is 4.90 Å². The largest absolute Gasteiger partial charge is 0.508 e. The topological polar surface area (TPSA) is 258 Å². The zero-order chi connectivity index (χ0) is 30.7. The van der Waals surface area contributed by atoms with E-state index in [-0.39, 0.29) is 31.6 Å². The highest BCUT2D eigenvalue weighted by atomic mass is 16.4. The fraction of sp³-hybridized carbons (Fsp3) is 0.577. The molecule has 228 valence electrons. The van der Waals surface area contributed by atoms with E-state index < -0.39 is 72.5 Å². The number of likely N-dealkylation sites (tertiary alicyclic amines) is 1. The fourth-order valence-electron chi connectivity index (χ4n) is 4.36. The molecule has 0 aliphatic carbocycles. The monoisotopic (exact) mass is 580 g/mol. The minimum absolute atomic E-state index is 0.0181. The van der Waals surface area contributed by atoms with Crippen molar-refractivity contribution in [2.24, 2.45) is 11.5 Å². The van der Waals surface area contributed by atoms with Crippen molar-refractivity contribution in [1.29, 1.82) is 0 Å². The van der Waals surface area contributed by atoms with Crippen molar-refractivity contribution < 1.29 is 44.4 Å². The number of nitrogens with two attached hydrogens (primary N) is 2. The second-order valence-electron chi connectivity index (χ2n) is 10.0. The Hall–Kier alpha value is -3.79. The molecule has 15 heteroatoms. The molecule has 2 rings (SSSR count). The van der Waals surface area contributed by atoms with Gasteiger partial charge in [0, 0.05) is 19.4 Å². The first kappa shape index (κ1) is 33.4. The van der Waals surface area contributed by atoms with Crippen molar-refractivity contribution in [3.63, 3.8) is 0 Å². The van der Waals surface area contributed by atoms with Gasteiger partial charge in [0.1, 0.15) is 29.9 Å². The van der Waals surface area contributed by atoms with Crippen LogP contribution in [0.2, 0.25) is 0 Å². The lowest BCUT2D eigenvalue weighted by Gasteiger charge is -2.30. The highest BCUT2D eigenvalue weighted by Gasteiger charge is 2.42. The number of nitrogens with zero attached hydrogens (tertiary/aromatic N) is 1. The predicted molar refractivity (Wildman–Crippen MR) is 145 cm³/mol. The number of aliphatic carboxylic acids is 1. The molecule has 1 aromatic rings. The number of carboxylic acids is 1. The molecule has 1 saturated heterocycles. The molecule has 15 nitrogen and oxygen atoms in total. The maximum Gasteiger partial charge on any atom is 0.326 e. The summed E-state index contributed by atoms with van der Waals surface area (Å²) in [4.78, 5) is 64.5. The van der Waals surface area contributed by atoms with Gasteiger partial charge in [-0.25, -0.2) is 4.79 Å². The summed E-state index contributed by atoms with van der Waals surface area (Å²) in [5, 5.41) is 46.2. The van der Waals surface area contributed by atoms with Crippen LogP contribution in [0.15, 0.2) is 24.3 Å². The Morgan fingerprint density at radius 1 is 1.00 bits per heavy atom. The summed E-state index contributed by atoms with van der Waals surface area (Å²) in [6.45, 7) is 0.741. The Morgan fingerprint density at radius 3 is 2.20 bits per heavy atom. The van der Waals surface area contributed by atoms with E-state index in [9.17, 15) is 44.4 Å². The Kier molecular flexibility index (Phi) is 12.9. The van der Waals surface area contributed by atoms with Gasteiger partial charge in [-0.2, -0.15) is 0 Å². The molecule has 0 bridgehead atoms. The van der Waals surface area contributed by atoms with Crippen LogP contribution in [0.25, 0.3) is 0 Å². The lowest BCUT2D eigenvalue weighted by Crippen LogP contribution is -2.58. The molecule has 1 fully saturated rings. The fourth-order valence-corrected chi connectivity index (χ4v) is 4.36. The molecule has 0 unspecified atom stereocenters. The number of aromatic hydroxyl groups is 1. The van der Waals surface area contributed by atoms with E-state index >= 15 is 0 Å². The summed E-state index contributed by atoms with van der Waals surface area (Å²) in [6.07, 6.45) is -0.0559. The minimum atomic E-state index is -1.56. The van der Waals surface area contributed by atoms with Gasteiger partial charge in [-0.3, -0.25) is 19.2 Å². The third-order valence-electron chi connectivity index (χ3n) is 6.65. The average molecular weight is 581 g/mol. The molecule has 1 aliphatic heterocycles. The zero-order valence-corrected chi connectivity index (χ0v) is 22.9. The highest BCUT2D eigenvalue weighted by molar-refractivity contribution is 5.96. The van der Waals surface area contributed by atoms with E-state index in [2.05, 4.69) is 16.0 Å². The number of aliphatic hydroxyl groups excluding tert-OH is 2. The second-order valence-corrected chi connectivity index (χ2v) is 10.0. The van der Waals surface area contributed by atoms with Crippen LogP contribution in [0.3, 0.4) is 0 Å². The van der Waals surface area contributed by atoms with E-state index in [4.69, 9.17) is 11.5 Å². The lowest BCUT2D eigenvalue weighted by atomic mass is 10.0. The molecule has 1 heterocycles. The van der Waals surface area contributed by atoms with Crippen LogP contribution in [-0.4, -0.2) is 111 Å². The predicted octanol–water partition coefficient (Wildman–Crippen LogP) is -3.10. The summed E-state index contributed by atoms with van der Waals surface area (Å²) in [5.41, 5.74) is 11.7. The van der Waals surface area contributed by atoms with E-state index in [1.165, 1.54) is 31.2 Å². The van der Waals surface area contributed by atoms with Crippen LogP contribution in [0.4, 0.5) is 0 Å². The van der Waals surface area contributed by atoms with Gasteiger partial charge in [0.15, 0.2) is 0 Å². The number of carbonyl (C=O) groups excluding carboxylic acids is 4. The van der Waals surface area contributed by atoms with Crippen molar-refractivity contribution in [1.82, 2.24) is 20.9 Å². The molecule has 1 aliphatic rings. The summed E-state index contributed by atoms with van der Waals surface area (Å²) < 4.78 is 0. The number of carboxylic acid groups (broad SMARTS) is 1. The number of nitrogens with one attached hydrogen (secondary N) is 3. The van der Waals surface area contributed by atoms with Crippen LogP contribution in [0.5, 0.6) is 5.75 Å². The van der Waals surface area contributed by atoms with Crippen LogP contribution < -0.4 is 27.4 Å². The Morgan fingerprint density at radius 2 is 1.63 bits per heavy atom. The maximum atomic E-state index is 13.4. The van der Waals surface area contributed by atoms with Gasteiger partial charge in [-0.05, 0) is 50.4 Å². The second kappa shape index (κ2) is 15.9. The Balaban J connectivity index is 2.13. The van der Waals surface area contributed by atoms with E-state index in [1.807, 2.05) is 0 Å². The van der Waals surface area contributed by atoms with Crippen LogP contribution >= 0.6 is 0 Å². The molecular formula is C26H40N6O9. The SMILES string of the molecule is C[C@H](N)C(=O)N[C@@H](CCCCN)C(=O)N1C[C@H](O)C[C@H]1C(=O)N[C@@H](CO)C(=O)N[C@@H](Cc1ccc(O)cc1)C(=O)O. The number of phenols is 1. The highest BCUT2D eigenvalue weighted by Crippen LogP contribution is 2.21. The van der Waals surface area contributed by atoms with Crippen LogP contribution in [0.1, 0.15) is 38.2 Å². The third kappa shape index (κ3) is 9.97. The average Bonchev–Trinajstić information content (AvgIpc) is 3.32. The van der Waals surface area contributed by atoms with E-state index in [0.29, 0.717) is 24.9 Å². The van der Waals surface area contributed by atoms with Crippen LogP contribution in [-0.2, 0) is 30.4 Å². The van der Waals surface area contributed by atoms with Crippen molar-refractivity contribution in [3.05, 3.63) is 29.8 Å². The molecule has 11 N–H and O–H groups in total. The molecular weight excluding hydrogens is 540 g/mol. The molecule has 4 amide bonds. The van der Waals surface area contributed by atoms with Crippen LogP contribution in [0, 0.1) is 0 Å². The number of phenolic OH excluding ortho intramolecular Hbond substituents is 1. The number of β-amino-alcohol motifs (C(OH)–C–C–N with tert-alkyl or cyclic N) is 1. The van der Waals surface area contributed by atoms with Gasteiger partial charge in [-0.1, -0.05) is 12.1 Å². The van der Waals surface area contributed by atoms with Crippen molar-refractivity contribution in [3.8, 4) is 5.75 Å². The Bertz CT molecular complexity index is 1070. The molecule has 0 aromatic heterocycles. The summed E-state index contributed by atoms with van der Waals surface area (Å²) >= 11 is 0. The van der Waals surface area contributed by atoms with Crippen molar-refractivity contribution >= 4 is 29.6 Å². The zero-order valence-electron chi connectivity index (χ0n) is 22.9. The first-order valence-electron chi connectivity index (χ1n) is 13.3. The summed E-state index contributed by atoms with van der Waals surface area (Å²) in [7, 11) is 0. The number of rotatable bonds is 15. The van der Waals surface area contributed by atoms with Gasteiger partial charge in [-0.15, -0.1) is 0 Å². The number of aliphatic hydroxyl groups is 2. The molecule has 0 saturated carbocycles. The number of unbranched alkanes of at least 4 members (excludes halogenated alkanes) is 1. The number of hydrogen-bond donors (Lipinski definition) is 9. The lowest BCUT2D eigenvalue weighted by molar-refractivity contribution is -0.144. The maximum absolute atomic E-state index is 13.4. The van der Waals surface area contributed by atoms with E-state index in [1.54, 1.807) is 0 Å². The molecule has 41 heavy (non-hydrogen) atoms. The van der Waals surface area contributed by atoms with Gasteiger partial charge < -0.3 is 52.7 Å². The normalized spacial score (nSPS) is 19.5. The molecule has 1 aromatic carbocycles. The third-order valence-corrected chi connectivity index (χ3v) is 6.65. The summed E-state index contributed by atoms with van der Waals surface area (Å²) in [5.74, 6) is -4.41. The molecule has 0 spiro atoms. The van der Waals surface area contributed by atoms with Gasteiger partial charge in [0.2, 0.25) is 23.6 Å². The van der Waals surface area contributed by atoms with Crippen molar-refractivity contribution in [2.75, 3.05) is 19.7 Å². The number of carbonyl (C=O) groups is 5. The standard InChI is InChI=1S/C26H40N6O9/c1-14(28)22(36)29-18(4-2-3-9-27)25(39)32-12-17(35)11-21(32)24(38)31-20(13-33)23(37)30-19(26(40)41)10-15-5-7-16(34)8-6-15/h5-8,14,17-21,33-35H,2-4,9-13,27-28H2,1H3,(H,29,36)(H,30,37)(H,31,38)(H,40,41)/t14-,17+,18-,19-,20-,21-/m0/s1. The van der Waals surface area contributed by atoms with Crippen molar-refractivity contribution in [2.45, 2.75) is 75.3 Å².